The number of hydrogen-bond acceptors (Lipinski definition) is 3. The molecule has 39 heavy (non-hydrogen) atoms. The maximum absolute atomic E-state index is 13.7. The summed E-state index contributed by atoms with van der Waals surface area (Å²) in [5, 5.41) is 4.15. The van der Waals surface area contributed by atoms with E-state index in [0.717, 1.165) is 16.3 Å². The highest BCUT2D eigenvalue weighted by Gasteiger charge is 2.38. The van der Waals surface area contributed by atoms with Crippen molar-refractivity contribution in [3.8, 4) is 5.69 Å². The van der Waals surface area contributed by atoms with Gasteiger partial charge in [0.25, 0.3) is 5.91 Å². The molecule has 2 amide bonds. The van der Waals surface area contributed by atoms with Crippen LogP contribution in [0.3, 0.4) is 0 Å². The van der Waals surface area contributed by atoms with E-state index in [1.807, 2.05) is 31.2 Å². The number of hydrogen-bond donors (Lipinski definition) is 0. The molecular formula is C29H24ClF3N4O2. The zero-order valence-electron chi connectivity index (χ0n) is 21.1. The number of rotatable bonds is 4. The minimum absolute atomic E-state index is 0.132. The Bertz CT molecular complexity index is 1520. The third kappa shape index (κ3) is 5.14. The van der Waals surface area contributed by atoms with Gasteiger partial charge in [-0.1, -0.05) is 29.8 Å². The van der Waals surface area contributed by atoms with Crippen LogP contribution in [-0.4, -0.2) is 27.6 Å². The molecular weight excluding hydrogens is 529 g/mol. The number of amides is 2. The van der Waals surface area contributed by atoms with Crippen LogP contribution in [-0.2, 0) is 11.0 Å². The van der Waals surface area contributed by atoms with Gasteiger partial charge in [-0.25, -0.2) is 4.68 Å². The Morgan fingerprint density at radius 1 is 0.974 bits per heavy atom. The van der Waals surface area contributed by atoms with Crippen molar-refractivity contribution in [1.82, 2.24) is 9.78 Å². The first-order chi connectivity index (χ1) is 18.5. The summed E-state index contributed by atoms with van der Waals surface area (Å²) in [6, 6.07) is 21.1. The standard InChI is InChI=1S/C29H24ClF3N4O2/c1-18-17-26(37(19(2)38)23-13-9-21(30)10-14-23)24-5-3-4-6-25(24)36(18)28(39)20-7-11-22(12-8-20)35-16-15-27(34-35)29(31,32)33/h3-16,18,26H,17H2,1-2H3. The van der Waals surface area contributed by atoms with Crippen LogP contribution in [0.25, 0.3) is 5.69 Å². The zero-order chi connectivity index (χ0) is 27.9. The lowest BCUT2D eigenvalue weighted by atomic mass is 9.89. The van der Waals surface area contributed by atoms with Crippen molar-refractivity contribution in [2.45, 2.75) is 38.5 Å². The molecule has 0 radical (unpaired) electrons. The SMILES string of the molecule is CC(=O)N(c1ccc(Cl)cc1)C1CC(C)N(C(=O)c2ccc(-n3ccc(C(F)(F)F)n3)cc2)c2ccccc21. The minimum atomic E-state index is -4.54. The fourth-order valence-corrected chi connectivity index (χ4v) is 5.16. The number of alkyl halides is 3. The van der Waals surface area contributed by atoms with Crippen LogP contribution in [0.15, 0.2) is 85.1 Å². The predicted octanol–water partition coefficient (Wildman–Crippen LogP) is 7.08. The first-order valence-electron chi connectivity index (χ1n) is 12.3. The summed E-state index contributed by atoms with van der Waals surface area (Å²) in [5.41, 5.74) is 2.02. The maximum atomic E-state index is 13.7. The Labute approximate surface area is 228 Å². The number of aromatic nitrogens is 2. The topological polar surface area (TPSA) is 58.4 Å². The van der Waals surface area contributed by atoms with E-state index >= 15 is 0 Å². The average molecular weight is 553 g/mol. The Morgan fingerprint density at radius 3 is 2.26 bits per heavy atom. The first kappa shape index (κ1) is 26.5. The van der Waals surface area contributed by atoms with Crippen LogP contribution in [0.1, 0.15) is 47.9 Å². The van der Waals surface area contributed by atoms with Gasteiger partial charge in [0, 0.05) is 41.1 Å². The number of carbonyl (C=O) groups excluding carboxylic acids is 2. The summed E-state index contributed by atoms with van der Waals surface area (Å²) in [6.45, 7) is 3.44. The Hall–Kier alpha value is -4.11. The van der Waals surface area contributed by atoms with Gasteiger partial charge in [-0.2, -0.15) is 18.3 Å². The number of carbonyl (C=O) groups is 2. The lowest BCUT2D eigenvalue weighted by Gasteiger charge is -2.43. The lowest BCUT2D eigenvalue weighted by Crippen LogP contribution is -2.47. The third-order valence-corrected chi connectivity index (χ3v) is 7.05. The highest BCUT2D eigenvalue weighted by atomic mass is 35.5. The van der Waals surface area contributed by atoms with Gasteiger partial charge in [0.2, 0.25) is 5.91 Å². The number of anilines is 2. The number of nitrogens with zero attached hydrogens (tertiary/aromatic N) is 4. The van der Waals surface area contributed by atoms with E-state index in [1.165, 1.54) is 13.1 Å². The van der Waals surface area contributed by atoms with Crippen molar-refractivity contribution in [3.63, 3.8) is 0 Å². The third-order valence-electron chi connectivity index (χ3n) is 6.79. The quantitative estimate of drug-likeness (QED) is 0.272. The van der Waals surface area contributed by atoms with Crippen molar-refractivity contribution in [1.29, 1.82) is 0 Å². The van der Waals surface area contributed by atoms with E-state index in [4.69, 9.17) is 11.6 Å². The molecule has 2 unspecified atom stereocenters. The molecule has 4 aromatic rings. The van der Waals surface area contributed by atoms with E-state index in [1.54, 1.807) is 58.3 Å². The molecule has 0 N–H and O–H groups in total. The van der Waals surface area contributed by atoms with E-state index in [-0.39, 0.29) is 23.9 Å². The molecule has 2 heterocycles. The molecule has 0 aliphatic carbocycles. The maximum Gasteiger partial charge on any atom is 0.435 e. The largest absolute Gasteiger partial charge is 0.435 e. The molecule has 1 aliphatic rings. The van der Waals surface area contributed by atoms with Crippen LogP contribution in [0, 0.1) is 0 Å². The predicted molar refractivity (Wildman–Crippen MR) is 143 cm³/mol. The molecule has 6 nitrogen and oxygen atoms in total. The smallest absolute Gasteiger partial charge is 0.305 e. The molecule has 2 atom stereocenters. The lowest BCUT2D eigenvalue weighted by molar-refractivity contribution is -0.141. The van der Waals surface area contributed by atoms with Gasteiger partial charge in [0.05, 0.1) is 11.7 Å². The summed E-state index contributed by atoms with van der Waals surface area (Å²) in [5.74, 6) is -0.385. The monoisotopic (exact) mass is 552 g/mol. The van der Waals surface area contributed by atoms with Crippen molar-refractivity contribution < 1.29 is 22.8 Å². The molecule has 200 valence electrons. The van der Waals surface area contributed by atoms with Crippen LogP contribution in [0.4, 0.5) is 24.5 Å². The van der Waals surface area contributed by atoms with E-state index in [9.17, 15) is 22.8 Å². The van der Waals surface area contributed by atoms with Crippen LogP contribution >= 0.6 is 11.6 Å². The summed E-state index contributed by atoms with van der Waals surface area (Å²) in [7, 11) is 0. The van der Waals surface area contributed by atoms with Gasteiger partial charge in [-0.15, -0.1) is 0 Å². The second-order valence-electron chi connectivity index (χ2n) is 9.39. The van der Waals surface area contributed by atoms with Crippen LogP contribution < -0.4 is 9.80 Å². The molecule has 0 fully saturated rings. The molecule has 10 heteroatoms. The van der Waals surface area contributed by atoms with E-state index in [0.29, 0.717) is 34.1 Å². The molecule has 1 aromatic heterocycles. The number of halogens is 4. The Kier molecular flexibility index (Phi) is 6.94. The molecule has 5 rings (SSSR count). The van der Waals surface area contributed by atoms with Crippen LogP contribution in [0.2, 0.25) is 5.02 Å². The second kappa shape index (κ2) is 10.2. The van der Waals surface area contributed by atoms with Crippen LogP contribution in [0.5, 0.6) is 0 Å². The second-order valence-corrected chi connectivity index (χ2v) is 9.83. The fourth-order valence-electron chi connectivity index (χ4n) is 5.03. The number of fused-ring (bicyclic) bond motifs is 1. The normalized spacial score (nSPS) is 17.0. The van der Waals surface area contributed by atoms with E-state index in [2.05, 4.69) is 5.10 Å². The molecule has 3 aromatic carbocycles. The number of para-hydroxylation sites is 1. The summed E-state index contributed by atoms with van der Waals surface area (Å²) in [6.07, 6.45) is -2.82. The molecule has 1 aliphatic heterocycles. The molecule has 0 spiro atoms. The summed E-state index contributed by atoms with van der Waals surface area (Å²) in [4.78, 5) is 30.0. The first-order valence-corrected chi connectivity index (χ1v) is 12.6. The van der Waals surface area contributed by atoms with Gasteiger partial charge in [-0.05, 0) is 79.6 Å². The zero-order valence-corrected chi connectivity index (χ0v) is 21.8. The van der Waals surface area contributed by atoms with Crippen molar-refractivity contribution in [2.24, 2.45) is 0 Å². The van der Waals surface area contributed by atoms with E-state index < -0.39 is 11.9 Å². The minimum Gasteiger partial charge on any atom is -0.305 e. The summed E-state index contributed by atoms with van der Waals surface area (Å²) >= 11 is 6.06. The molecule has 0 saturated heterocycles. The highest BCUT2D eigenvalue weighted by molar-refractivity contribution is 6.30. The van der Waals surface area contributed by atoms with Crippen molar-refractivity contribution in [2.75, 3.05) is 9.80 Å². The Morgan fingerprint density at radius 2 is 1.64 bits per heavy atom. The van der Waals surface area contributed by atoms with Gasteiger partial charge in [0.15, 0.2) is 5.69 Å². The average Bonchev–Trinajstić information content (AvgIpc) is 3.41. The highest BCUT2D eigenvalue weighted by Crippen LogP contribution is 2.43. The van der Waals surface area contributed by atoms with Gasteiger partial charge in [-0.3, -0.25) is 9.59 Å². The molecule has 0 bridgehead atoms. The fraction of sp³-hybridized carbons (Fsp3) is 0.207. The molecule has 0 saturated carbocycles. The van der Waals surface area contributed by atoms with Gasteiger partial charge < -0.3 is 9.80 Å². The van der Waals surface area contributed by atoms with Crippen molar-refractivity contribution in [3.05, 3.63) is 107 Å². The van der Waals surface area contributed by atoms with Gasteiger partial charge >= 0.3 is 6.18 Å². The number of benzene rings is 3. The summed E-state index contributed by atoms with van der Waals surface area (Å²) < 4.78 is 39.9. The van der Waals surface area contributed by atoms with Crippen molar-refractivity contribution >= 4 is 34.8 Å². The van der Waals surface area contributed by atoms with Gasteiger partial charge in [0.1, 0.15) is 0 Å². The Balaban J connectivity index is 1.46.